The zero-order chi connectivity index (χ0) is 13.1. The zero-order valence-electron chi connectivity index (χ0n) is 10.6. The Labute approximate surface area is 107 Å². The molecule has 0 aliphatic carbocycles. The average molecular weight is 249 g/mol. The summed E-state index contributed by atoms with van der Waals surface area (Å²) < 4.78 is 0. The molecule has 18 heavy (non-hydrogen) atoms. The van der Waals surface area contributed by atoms with E-state index in [1.54, 1.807) is 12.1 Å². The van der Waals surface area contributed by atoms with Crippen LogP contribution in [0.2, 0.25) is 0 Å². The standard InChI is InChI=1S/C13H19N3O2/c1-10-3-2-4-13(9-14)15(10)11-5-7-12(8-6-11)16(17)18/h5-8,10,13H,2-4,9,14H2,1H3. The molecule has 1 heterocycles. The van der Waals surface area contributed by atoms with Crippen LogP contribution < -0.4 is 10.6 Å². The minimum Gasteiger partial charge on any atom is -0.365 e. The molecule has 1 aliphatic rings. The summed E-state index contributed by atoms with van der Waals surface area (Å²) in [4.78, 5) is 12.6. The number of nitro groups is 1. The largest absolute Gasteiger partial charge is 0.365 e. The van der Waals surface area contributed by atoms with Crippen molar-refractivity contribution in [3.05, 3.63) is 34.4 Å². The molecule has 0 saturated carbocycles. The number of nitrogens with zero attached hydrogens (tertiary/aromatic N) is 2. The Morgan fingerprint density at radius 3 is 2.61 bits per heavy atom. The third-order valence-corrected chi connectivity index (χ3v) is 3.66. The van der Waals surface area contributed by atoms with Gasteiger partial charge in [-0.25, -0.2) is 0 Å². The molecule has 1 aromatic rings. The number of rotatable bonds is 3. The van der Waals surface area contributed by atoms with E-state index in [1.165, 1.54) is 6.42 Å². The van der Waals surface area contributed by atoms with Gasteiger partial charge in [-0.3, -0.25) is 10.1 Å². The molecular formula is C13H19N3O2. The molecule has 5 nitrogen and oxygen atoms in total. The summed E-state index contributed by atoms with van der Waals surface area (Å²) in [6.07, 6.45) is 3.44. The molecule has 5 heteroatoms. The number of piperidine rings is 1. The van der Waals surface area contributed by atoms with Crippen molar-refractivity contribution in [1.82, 2.24) is 0 Å². The van der Waals surface area contributed by atoms with Crippen LogP contribution in [0, 0.1) is 10.1 Å². The fourth-order valence-corrected chi connectivity index (χ4v) is 2.73. The SMILES string of the molecule is CC1CCCC(CN)N1c1ccc([N+](=O)[O-])cc1. The zero-order valence-corrected chi connectivity index (χ0v) is 10.6. The molecule has 0 spiro atoms. The fourth-order valence-electron chi connectivity index (χ4n) is 2.73. The van der Waals surface area contributed by atoms with Crippen molar-refractivity contribution in [3.8, 4) is 0 Å². The number of non-ortho nitro benzene ring substituents is 1. The summed E-state index contributed by atoms with van der Waals surface area (Å²) >= 11 is 0. The number of nitro benzene ring substituents is 1. The first kappa shape index (κ1) is 12.8. The maximum atomic E-state index is 10.6. The van der Waals surface area contributed by atoms with Crippen LogP contribution in [0.5, 0.6) is 0 Å². The highest BCUT2D eigenvalue weighted by Crippen LogP contribution is 2.29. The van der Waals surface area contributed by atoms with Crippen molar-refractivity contribution in [2.75, 3.05) is 11.4 Å². The number of hydrogen-bond donors (Lipinski definition) is 1. The van der Waals surface area contributed by atoms with Gasteiger partial charge < -0.3 is 10.6 Å². The Morgan fingerprint density at radius 1 is 1.39 bits per heavy atom. The first-order valence-corrected chi connectivity index (χ1v) is 6.36. The Balaban J connectivity index is 2.24. The van der Waals surface area contributed by atoms with E-state index >= 15 is 0 Å². The molecule has 2 rings (SSSR count). The Bertz CT molecular complexity index is 419. The second kappa shape index (κ2) is 5.35. The van der Waals surface area contributed by atoms with Crippen molar-refractivity contribution in [2.45, 2.75) is 38.3 Å². The lowest BCUT2D eigenvalue weighted by Gasteiger charge is -2.42. The van der Waals surface area contributed by atoms with Gasteiger partial charge in [0.25, 0.3) is 5.69 Å². The molecule has 1 saturated heterocycles. The third-order valence-electron chi connectivity index (χ3n) is 3.66. The third kappa shape index (κ3) is 2.46. The van der Waals surface area contributed by atoms with E-state index in [-0.39, 0.29) is 10.6 Å². The first-order valence-electron chi connectivity index (χ1n) is 6.36. The highest BCUT2D eigenvalue weighted by atomic mass is 16.6. The quantitative estimate of drug-likeness (QED) is 0.659. The van der Waals surface area contributed by atoms with Gasteiger partial charge in [-0.05, 0) is 38.3 Å². The lowest BCUT2D eigenvalue weighted by Crippen LogP contribution is -2.49. The summed E-state index contributed by atoms with van der Waals surface area (Å²) in [6, 6.07) is 7.55. The topological polar surface area (TPSA) is 72.4 Å². The predicted molar refractivity (Wildman–Crippen MR) is 71.7 cm³/mol. The van der Waals surface area contributed by atoms with Crippen LogP contribution in [-0.2, 0) is 0 Å². The first-order chi connectivity index (χ1) is 8.63. The minimum atomic E-state index is -0.371. The van der Waals surface area contributed by atoms with Gasteiger partial charge in [0, 0.05) is 36.4 Å². The Morgan fingerprint density at radius 2 is 2.06 bits per heavy atom. The Kier molecular flexibility index (Phi) is 3.81. The molecule has 0 aromatic heterocycles. The highest BCUT2D eigenvalue weighted by molar-refractivity contribution is 5.52. The van der Waals surface area contributed by atoms with Crippen LogP contribution >= 0.6 is 0 Å². The Hall–Kier alpha value is -1.62. The molecule has 98 valence electrons. The average Bonchev–Trinajstić information content (AvgIpc) is 2.38. The van der Waals surface area contributed by atoms with Crippen LogP contribution in [0.15, 0.2) is 24.3 Å². The fraction of sp³-hybridized carbons (Fsp3) is 0.538. The maximum Gasteiger partial charge on any atom is 0.269 e. The smallest absolute Gasteiger partial charge is 0.269 e. The molecule has 0 bridgehead atoms. The van der Waals surface area contributed by atoms with Crippen molar-refractivity contribution in [3.63, 3.8) is 0 Å². The molecule has 2 N–H and O–H groups in total. The summed E-state index contributed by atoms with van der Waals surface area (Å²) in [6.45, 7) is 2.81. The van der Waals surface area contributed by atoms with Gasteiger partial charge in [0.1, 0.15) is 0 Å². The van der Waals surface area contributed by atoms with Crippen molar-refractivity contribution >= 4 is 11.4 Å². The number of benzene rings is 1. The molecular weight excluding hydrogens is 230 g/mol. The summed E-state index contributed by atoms with van der Waals surface area (Å²) in [5, 5.41) is 10.6. The van der Waals surface area contributed by atoms with Crippen molar-refractivity contribution < 1.29 is 4.92 Å². The molecule has 2 atom stereocenters. The van der Waals surface area contributed by atoms with Gasteiger partial charge in [-0.2, -0.15) is 0 Å². The number of hydrogen-bond acceptors (Lipinski definition) is 4. The molecule has 0 amide bonds. The monoisotopic (exact) mass is 249 g/mol. The molecule has 1 aliphatic heterocycles. The van der Waals surface area contributed by atoms with Gasteiger partial charge in [-0.1, -0.05) is 0 Å². The van der Waals surface area contributed by atoms with E-state index in [4.69, 9.17) is 5.73 Å². The molecule has 1 aromatic carbocycles. The molecule has 1 fully saturated rings. The summed E-state index contributed by atoms with van der Waals surface area (Å²) in [5.74, 6) is 0. The van der Waals surface area contributed by atoms with Gasteiger partial charge in [0.15, 0.2) is 0 Å². The second-order valence-electron chi connectivity index (χ2n) is 4.85. The highest BCUT2D eigenvalue weighted by Gasteiger charge is 2.27. The summed E-state index contributed by atoms with van der Waals surface area (Å²) in [5.41, 5.74) is 6.98. The molecule has 0 radical (unpaired) electrons. The molecule has 2 unspecified atom stereocenters. The van der Waals surface area contributed by atoms with Crippen LogP contribution in [0.3, 0.4) is 0 Å². The number of anilines is 1. The number of nitrogens with two attached hydrogens (primary N) is 1. The van der Waals surface area contributed by atoms with Gasteiger partial charge in [-0.15, -0.1) is 0 Å². The van der Waals surface area contributed by atoms with Crippen LogP contribution in [0.25, 0.3) is 0 Å². The van der Waals surface area contributed by atoms with Crippen LogP contribution in [0.1, 0.15) is 26.2 Å². The van der Waals surface area contributed by atoms with E-state index in [9.17, 15) is 10.1 Å². The van der Waals surface area contributed by atoms with Crippen molar-refractivity contribution in [2.24, 2.45) is 5.73 Å². The van der Waals surface area contributed by atoms with E-state index < -0.39 is 0 Å². The van der Waals surface area contributed by atoms with E-state index in [0.29, 0.717) is 18.6 Å². The summed E-state index contributed by atoms with van der Waals surface area (Å²) in [7, 11) is 0. The maximum absolute atomic E-state index is 10.6. The van der Waals surface area contributed by atoms with Crippen LogP contribution in [0.4, 0.5) is 11.4 Å². The predicted octanol–water partition coefficient (Wildman–Crippen LogP) is 2.30. The van der Waals surface area contributed by atoms with Crippen LogP contribution in [-0.4, -0.2) is 23.6 Å². The van der Waals surface area contributed by atoms with E-state index in [1.807, 2.05) is 12.1 Å². The lowest BCUT2D eigenvalue weighted by atomic mass is 9.95. The minimum absolute atomic E-state index is 0.132. The lowest BCUT2D eigenvalue weighted by molar-refractivity contribution is -0.384. The van der Waals surface area contributed by atoms with Gasteiger partial charge in [0.05, 0.1) is 4.92 Å². The second-order valence-corrected chi connectivity index (χ2v) is 4.85. The van der Waals surface area contributed by atoms with Gasteiger partial charge in [0.2, 0.25) is 0 Å². The van der Waals surface area contributed by atoms with E-state index in [2.05, 4.69) is 11.8 Å². The van der Waals surface area contributed by atoms with Gasteiger partial charge >= 0.3 is 0 Å². The van der Waals surface area contributed by atoms with Crippen molar-refractivity contribution in [1.29, 1.82) is 0 Å². The normalized spacial score (nSPS) is 24.0. The van der Waals surface area contributed by atoms with E-state index in [0.717, 1.165) is 18.5 Å².